The molecule has 1 atom stereocenters. The predicted molar refractivity (Wildman–Crippen MR) is 87.3 cm³/mol. The number of aromatic nitrogens is 1. The zero-order valence-corrected chi connectivity index (χ0v) is 14.1. The van der Waals surface area contributed by atoms with Gasteiger partial charge in [-0.05, 0) is 37.8 Å². The van der Waals surface area contributed by atoms with Crippen LogP contribution >= 0.6 is 11.3 Å². The summed E-state index contributed by atoms with van der Waals surface area (Å²) in [5.74, 6) is -0.966. The number of aromatic amines is 1. The first-order valence-electron chi connectivity index (χ1n) is 7.23. The van der Waals surface area contributed by atoms with Crippen LogP contribution in [0.15, 0.2) is 17.5 Å². The van der Waals surface area contributed by atoms with Gasteiger partial charge in [-0.15, -0.1) is 11.3 Å². The highest BCUT2D eigenvalue weighted by Gasteiger charge is 2.21. The number of amides is 1. The van der Waals surface area contributed by atoms with Crippen molar-refractivity contribution in [3.63, 3.8) is 0 Å². The average molecular weight is 336 g/mol. The second-order valence-corrected chi connectivity index (χ2v) is 6.30. The number of rotatable bonds is 6. The fourth-order valence-corrected chi connectivity index (χ4v) is 3.09. The van der Waals surface area contributed by atoms with Gasteiger partial charge in [-0.25, -0.2) is 4.79 Å². The van der Waals surface area contributed by atoms with E-state index in [0.29, 0.717) is 23.4 Å². The summed E-state index contributed by atoms with van der Waals surface area (Å²) in [7, 11) is 0. The summed E-state index contributed by atoms with van der Waals surface area (Å²) >= 11 is 1.54. The molecule has 124 valence electrons. The van der Waals surface area contributed by atoms with Crippen molar-refractivity contribution in [3.05, 3.63) is 44.9 Å². The Morgan fingerprint density at radius 2 is 2.17 bits per heavy atom. The Balaban J connectivity index is 1.89. The van der Waals surface area contributed by atoms with E-state index in [1.807, 2.05) is 17.5 Å². The Bertz CT molecular complexity index is 689. The molecule has 7 heteroatoms. The van der Waals surface area contributed by atoms with E-state index in [4.69, 9.17) is 4.74 Å². The number of carbonyl (C=O) groups is 2. The number of nitrogens with one attached hydrogen (secondary N) is 2. The highest BCUT2D eigenvalue weighted by Crippen LogP contribution is 2.24. The van der Waals surface area contributed by atoms with Crippen LogP contribution in [0.25, 0.3) is 0 Å². The highest BCUT2D eigenvalue weighted by molar-refractivity contribution is 7.09. The molecule has 0 saturated heterocycles. The summed E-state index contributed by atoms with van der Waals surface area (Å²) in [5.41, 5.74) is 2.30. The molecule has 2 aromatic rings. The molecule has 1 amide bonds. The monoisotopic (exact) mass is 336 g/mol. The first kappa shape index (κ1) is 17.2. The van der Waals surface area contributed by atoms with Gasteiger partial charge in [0.15, 0.2) is 6.61 Å². The third kappa shape index (κ3) is 4.20. The van der Waals surface area contributed by atoms with E-state index in [9.17, 15) is 14.7 Å². The molecule has 0 saturated carbocycles. The minimum atomic E-state index is -0.679. The van der Waals surface area contributed by atoms with Gasteiger partial charge < -0.3 is 20.1 Å². The van der Waals surface area contributed by atoms with Crippen LogP contribution in [0.2, 0.25) is 0 Å². The molecule has 0 aromatic carbocycles. The molecule has 23 heavy (non-hydrogen) atoms. The number of aryl methyl sites for hydroxylation is 1. The molecule has 0 radical (unpaired) electrons. The van der Waals surface area contributed by atoms with Gasteiger partial charge in [0.1, 0.15) is 5.69 Å². The number of hydrogen-bond donors (Lipinski definition) is 3. The quantitative estimate of drug-likeness (QED) is 0.705. The lowest BCUT2D eigenvalue weighted by Crippen LogP contribution is -2.28. The van der Waals surface area contributed by atoms with Gasteiger partial charge in [-0.2, -0.15) is 0 Å². The van der Waals surface area contributed by atoms with E-state index in [1.165, 1.54) is 0 Å². The van der Waals surface area contributed by atoms with Crippen molar-refractivity contribution in [3.8, 4) is 0 Å². The standard InChI is InChI=1S/C16H20N2O4S/c1-9-14(11(3)19)10(2)18-15(9)16(21)22-8-13(20)17-7-12-5-4-6-23-12/h4-6,11,18-19H,7-8H2,1-3H3,(H,17,20). The number of esters is 1. The van der Waals surface area contributed by atoms with E-state index in [-0.39, 0.29) is 18.2 Å². The second-order valence-electron chi connectivity index (χ2n) is 5.27. The maximum absolute atomic E-state index is 12.1. The van der Waals surface area contributed by atoms with E-state index in [0.717, 1.165) is 4.88 Å². The molecule has 0 aliphatic heterocycles. The molecular formula is C16H20N2O4S. The molecule has 2 heterocycles. The lowest BCUT2D eigenvalue weighted by Gasteiger charge is -2.07. The summed E-state index contributed by atoms with van der Waals surface area (Å²) in [6.45, 7) is 5.22. The molecule has 0 aliphatic carbocycles. The van der Waals surface area contributed by atoms with Crippen molar-refractivity contribution in [2.75, 3.05) is 6.61 Å². The second kappa shape index (κ2) is 7.43. The number of hydrogen-bond acceptors (Lipinski definition) is 5. The normalized spacial score (nSPS) is 12.0. The Morgan fingerprint density at radius 1 is 1.43 bits per heavy atom. The Kier molecular flexibility index (Phi) is 5.57. The maximum Gasteiger partial charge on any atom is 0.355 e. The van der Waals surface area contributed by atoms with Crippen molar-refractivity contribution < 1.29 is 19.4 Å². The van der Waals surface area contributed by atoms with Crippen LogP contribution < -0.4 is 5.32 Å². The zero-order valence-electron chi connectivity index (χ0n) is 13.3. The van der Waals surface area contributed by atoms with Crippen molar-refractivity contribution >= 4 is 23.2 Å². The molecule has 0 bridgehead atoms. The minimum Gasteiger partial charge on any atom is -0.451 e. The molecule has 0 aliphatic rings. The average Bonchev–Trinajstić information content (AvgIpc) is 3.10. The van der Waals surface area contributed by atoms with Crippen molar-refractivity contribution in [2.24, 2.45) is 0 Å². The summed E-state index contributed by atoms with van der Waals surface area (Å²) in [5, 5.41) is 14.3. The Hall–Kier alpha value is -2.12. The number of ether oxygens (including phenoxy) is 1. The Labute approximate surface area is 138 Å². The van der Waals surface area contributed by atoms with Gasteiger partial charge in [-0.3, -0.25) is 4.79 Å². The van der Waals surface area contributed by atoms with Gasteiger partial charge in [0.2, 0.25) is 0 Å². The van der Waals surface area contributed by atoms with Gasteiger partial charge in [0.05, 0.1) is 12.6 Å². The largest absolute Gasteiger partial charge is 0.451 e. The van der Waals surface area contributed by atoms with E-state index in [2.05, 4.69) is 10.3 Å². The number of H-pyrrole nitrogens is 1. The van der Waals surface area contributed by atoms with E-state index < -0.39 is 12.1 Å². The van der Waals surface area contributed by atoms with Crippen LogP contribution in [0.3, 0.4) is 0 Å². The molecule has 1 unspecified atom stereocenters. The van der Waals surface area contributed by atoms with Crippen molar-refractivity contribution in [2.45, 2.75) is 33.4 Å². The smallest absolute Gasteiger partial charge is 0.355 e. The third-order valence-corrected chi connectivity index (χ3v) is 4.37. The summed E-state index contributed by atoms with van der Waals surface area (Å²) in [4.78, 5) is 27.7. The SMILES string of the molecule is Cc1[nH]c(C(=O)OCC(=O)NCc2cccs2)c(C)c1C(C)O. The highest BCUT2D eigenvalue weighted by atomic mass is 32.1. The predicted octanol–water partition coefficient (Wildman–Crippen LogP) is 2.22. The van der Waals surface area contributed by atoms with Crippen LogP contribution in [0.1, 0.15) is 45.2 Å². The molecule has 2 rings (SSSR count). The van der Waals surface area contributed by atoms with Crippen LogP contribution in [-0.2, 0) is 16.1 Å². The maximum atomic E-state index is 12.1. The summed E-state index contributed by atoms with van der Waals surface area (Å²) in [6, 6.07) is 3.82. The van der Waals surface area contributed by atoms with Crippen LogP contribution in [0.5, 0.6) is 0 Å². The zero-order chi connectivity index (χ0) is 17.0. The first-order valence-corrected chi connectivity index (χ1v) is 8.11. The van der Waals surface area contributed by atoms with Crippen LogP contribution in [0, 0.1) is 13.8 Å². The molecule has 6 nitrogen and oxygen atoms in total. The van der Waals surface area contributed by atoms with E-state index in [1.54, 1.807) is 32.1 Å². The fraction of sp³-hybridized carbons (Fsp3) is 0.375. The first-order chi connectivity index (χ1) is 10.9. The number of aliphatic hydroxyl groups excluding tert-OH is 1. The molecular weight excluding hydrogens is 316 g/mol. The number of carbonyl (C=O) groups excluding carboxylic acids is 2. The van der Waals surface area contributed by atoms with Gasteiger partial charge in [0, 0.05) is 16.1 Å². The van der Waals surface area contributed by atoms with Crippen LogP contribution in [-0.4, -0.2) is 28.6 Å². The third-order valence-electron chi connectivity index (χ3n) is 3.49. The number of thiophene rings is 1. The minimum absolute atomic E-state index is 0.268. The Morgan fingerprint density at radius 3 is 2.74 bits per heavy atom. The summed E-state index contributed by atoms with van der Waals surface area (Å²) in [6.07, 6.45) is -0.679. The molecule has 0 fully saturated rings. The lowest BCUT2D eigenvalue weighted by molar-refractivity contribution is -0.124. The molecule has 2 aromatic heterocycles. The number of aliphatic hydroxyl groups is 1. The lowest BCUT2D eigenvalue weighted by atomic mass is 10.1. The summed E-state index contributed by atoms with van der Waals surface area (Å²) < 4.78 is 5.03. The van der Waals surface area contributed by atoms with E-state index >= 15 is 0 Å². The van der Waals surface area contributed by atoms with Gasteiger partial charge >= 0.3 is 5.97 Å². The van der Waals surface area contributed by atoms with Gasteiger partial charge in [0.25, 0.3) is 5.91 Å². The van der Waals surface area contributed by atoms with Crippen molar-refractivity contribution in [1.29, 1.82) is 0 Å². The topological polar surface area (TPSA) is 91.4 Å². The fourth-order valence-electron chi connectivity index (χ4n) is 2.45. The van der Waals surface area contributed by atoms with Crippen molar-refractivity contribution in [1.82, 2.24) is 10.3 Å². The van der Waals surface area contributed by atoms with Crippen LogP contribution in [0.4, 0.5) is 0 Å². The molecule has 0 spiro atoms. The van der Waals surface area contributed by atoms with Gasteiger partial charge in [-0.1, -0.05) is 6.07 Å². The molecule has 3 N–H and O–H groups in total.